The summed E-state index contributed by atoms with van der Waals surface area (Å²) in [7, 11) is 0. The maximum Gasteiger partial charge on any atom is 0.0253 e. The zero-order chi connectivity index (χ0) is 6.91. The Bertz CT molecular complexity index is 89.6. The van der Waals surface area contributed by atoms with Gasteiger partial charge in [0.2, 0.25) is 0 Å². The Labute approximate surface area is 61.7 Å². The van der Waals surface area contributed by atoms with Gasteiger partial charge >= 0.3 is 0 Å². The zero-order valence-electron chi connectivity index (χ0n) is 6.40. The van der Waals surface area contributed by atoms with Crippen molar-refractivity contribution in [3.63, 3.8) is 0 Å². The Morgan fingerprint density at radius 2 is 2.11 bits per heavy atom. The van der Waals surface area contributed by atoms with E-state index in [2.05, 4.69) is 25.5 Å². The van der Waals surface area contributed by atoms with Crippen molar-refractivity contribution in [2.75, 3.05) is 6.54 Å². The third kappa shape index (κ3) is 1.87. The second-order valence-corrected chi connectivity index (χ2v) is 4.75. The van der Waals surface area contributed by atoms with Crippen LogP contribution in [0, 0.1) is 5.41 Å². The van der Waals surface area contributed by atoms with Crippen molar-refractivity contribution in [3.8, 4) is 0 Å². The van der Waals surface area contributed by atoms with Crippen LogP contribution in [0.3, 0.4) is 0 Å². The van der Waals surface area contributed by atoms with E-state index in [0.717, 1.165) is 5.25 Å². The summed E-state index contributed by atoms with van der Waals surface area (Å²) in [4.78, 5) is 0. The smallest absolute Gasteiger partial charge is 0.0253 e. The highest BCUT2D eigenvalue weighted by molar-refractivity contribution is 7.98. The third-order valence-electron chi connectivity index (χ3n) is 1.70. The van der Waals surface area contributed by atoms with Gasteiger partial charge in [-0.3, -0.25) is 4.72 Å². The van der Waals surface area contributed by atoms with Gasteiger partial charge in [-0.15, -0.1) is 0 Å². The topological polar surface area (TPSA) is 12.0 Å². The van der Waals surface area contributed by atoms with Gasteiger partial charge in [0.1, 0.15) is 0 Å². The number of hydrogen-bond acceptors (Lipinski definition) is 2. The molecule has 1 unspecified atom stereocenters. The predicted octanol–water partition coefficient (Wildman–Crippen LogP) is 2.04. The van der Waals surface area contributed by atoms with Gasteiger partial charge in [0.25, 0.3) is 0 Å². The Balaban J connectivity index is 2.42. The van der Waals surface area contributed by atoms with Crippen LogP contribution in [-0.4, -0.2) is 11.8 Å². The third-order valence-corrected chi connectivity index (χ3v) is 3.30. The average molecular weight is 145 g/mol. The molecule has 0 bridgehead atoms. The average Bonchev–Trinajstić information content (AvgIpc) is 2.08. The van der Waals surface area contributed by atoms with Gasteiger partial charge in [-0.25, -0.2) is 0 Å². The Morgan fingerprint density at radius 1 is 1.44 bits per heavy atom. The second-order valence-electron chi connectivity index (χ2n) is 3.66. The van der Waals surface area contributed by atoms with Crippen LogP contribution in [0.25, 0.3) is 0 Å². The van der Waals surface area contributed by atoms with Crippen molar-refractivity contribution in [2.45, 2.75) is 32.4 Å². The fourth-order valence-corrected chi connectivity index (χ4v) is 2.04. The molecule has 0 saturated carbocycles. The molecular formula is C7H15NS. The van der Waals surface area contributed by atoms with Crippen LogP contribution in [0.4, 0.5) is 0 Å². The van der Waals surface area contributed by atoms with Crippen LogP contribution in [-0.2, 0) is 0 Å². The molecule has 1 aliphatic rings. The molecule has 1 fully saturated rings. The lowest BCUT2D eigenvalue weighted by Gasteiger charge is -2.24. The summed E-state index contributed by atoms with van der Waals surface area (Å²) >= 11 is 1.90. The molecule has 1 heterocycles. The summed E-state index contributed by atoms with van der Waals surface area (Å²) < 4.78 is 3.30. The van der Waals surface area contributed by atoms with Crippen molar-refractivity contribution in [1.82, 2.24) is 4.72 Å². The molecule has 0 amide bonds. The Kier molecular flexibility index (Phi) is 2.07. The molecule has 0 spiro atoms. The van der Waals surface area contributed by atoms with E-state index in [1.54, 1.807) is 0 Å². The molecule has 9 heavy (non-hydrogen) atoms. The number of rotatable bonds is 0. The van der Waals surface area contributed by atoms with E-state index in [0.29, 0.717) is 5.41 Å². The summed E-state index contributed by atoms with van der Waals surface area (Å²) in [5, 5.41) is 0.817. The molecule has 1 saturated heterocycles. The maximum atomic E-state index is 3.30. The van der Waals surface area contributed by atoms with E-state index >= 15 is 0 Å². The van der Waals surface area contributed by atoms with Crippen molar-refractivity contribution < 1.29 is 0 Å². The molecule has 0 aromatic heterocycles. The van der Waals surface area contributed by atoms with E-state index < -0.39 is 0 Å². The van der Waals surface area contributed by atoms with Gasteiger partial charge in [0, 0.05) is 11.8 Å². The van der Waals surface area contributed by atoms with Gasteiger partial charge in [0.15, 0.2) is 0 Å². The van der Waals surface area contributed by atoms with Crippen molar-refractivity contribution in [1.29, 1.82) is 0 Å². The van der Waals surface area contributed by atoms with E-state index in [9.17, 15) is 0 Å². The molecule has 2 heteroatoms. The number of nitrogens with one attached hydrogen (secondary N) is 1. The predicted molar refractivity (Wildman–Crippen MR) is 43.5 cm³/mol. The highest BCUT2D eigenvalue weighted by atomic mass is 32.2. The highest BCUT2D eigenvalue weighted by Gasteiger charge is 2.27. The first-order chi connectivity index (χ1) is 4.11. The molecule has 0 aliphatic carbocycles. The van der Waals surface area contributed by atoms with Crippen molar-refractivity contribution >= 4 is 11.9 Å². The normalized spacial score (nSPS) is 29.0. The van der Waals surface area contributed by atoms with Gasteiger partial charge in [0.05, 0.1) is 0 Å². The largest absolute Gasteiger partial charge is 0.264 e. The van der Waals surface area contributed by atoms with Crippen LogP contribution in [0.5, 0.6) is 0 Å². The minimum absolute atomic E-state index is 0.480. The molecular weight excluding hydrogens is 130 g/mol. The van der Waals surface area contributed by atoms with Crippen molar-refractivity contribution in [2.24, 2.45) is 5.41 Å². The van der Waals surface area contributed by atoms with Crippen molar-refractivity contribution in [3.05, 3.63) is 0 Å². The van der Waals surface area contributed by atoms with Gasteiger partial charge < -0.3 is 0 Å². The Hall–Kier alpha value is 0.310. The summed E-state index contributed by atoms with van der Waals surface area (Å²) in [6, 6.07) is 0. The maximum absolute atomic E-state index is 3.30. The summed E-state index contributed by atoms with van der Waals surface area (Å²) in [6.07, 6.45) is 1.33. The molecule has 1 atom stereocenters. The fourth-order valence-electron chi connectivity index (χ4n) is 1.02. The van der Waals surface area contributed by atoms with Crippen LogP contribution >= 0.6 is 11.9 Å². The molecule has 0 aromatic carbocycles. The van der Waals surface area contributed by atoms with Crippen LogP contribution in [0.1, 0.15) is 27.2 Å². The first-order valence-corrected chi connectivity index (χ1v) is 4.37. The van der Waals surface area contributed by atoms with Gasteiger partial charge in [-0.1, -0.05) is 32.7 Å². The second kappa shape index (κ2) is 2.51. The molecule has 54 valence electrons. The molecule has 0 radical (unpaired) electrons. The first-order valence-electron chi connectivity index (χ1n) is 3.49. The van der Waals surface area contributed by atoms with E-state index in [4.69, 9.17) is 0 Å². The lowest BCUT2D eigenvalue weighted by Crippen LogP contribution is -2.20. The lowest BCUT2D eigenvalue weighted by molar-refractivity contribution is 0.390. The Morgan fingerprint density at radius 3 is 2.33 bits per heavy atom. The van der Waals surface area contributed by atoms with Crippen LogP contribution < -0.4 is 4.72 Å². The SMILES string of the molecule is CC(C)(C)C1CCNS1. The first kappa shape index (κ1) is 7.42. The summed E-state index contributed by atoms with van der Waals surface area (Å²) in [5.41, 5.74) is 0.480. The monoisotopic (exact) mass is 145 g/mol. The quantitative estimate of drug-likeness (QED) is 0.523. The van der Waals surface area contributed by atoms with Gasteiger partial charge in [-0.05, 0) is 11.8 Å². The molecule has 1 aliphatic heterocycles. The highest BCUT2D eigenvalue weighted by Crippen LogP contribution is 2.33. The fraction of sp³-hybridized carbons (Fsp3) is 1.00. The zero-order valence-corrected chi connectivity index (χ0v) is 7.22. The van der Waals surface area contributed by atoms with Gasteiger partial charge in [-0.2, -0.15) is 0 Å². The molecule has 1 rings (SSSR count). The standard InChI is InChI=1S/C7H15NS/c1-7(2,3)6-4-5-8-9-6/h6,8H,4-5H2,1-3H3. The minimum atomic E-state index is 0.480. The molecule has 1 N–H and O–H groups in total. The van der Waals surface area contributed by atoms with Crippen LogP contribution in [0.15, 0.2) is 0 Å². The summed E-state index contributed by atoms with van der Waals surface area (Å²) in [5.74, 6) is 0. The van der Waals surface area contributed by atoms with E-state index in [1.165, 1.54) is 13.0 Å². The lowest BCUT2D eigenvalue weighted by atomic mass is 9.90. The molecule has 0 aromatic rings. The number of hydrogen-bond donors (Lipinski definition) is 1. The minimum Gasteiger partial charge on any atom is -0.264 e. The molecule has 1 nitrogen and oxygen atoms in total. The summed E-state index contributed by atoms with van der Waals surface area (Å²) in [6.45, 7) is 8.10. The van der Waals surface area contributed by atoms with Crippen LogP contribution in [0.2, 0.25) is 0 Å². The van der Waals surface area contributed by atoms with E-state index in [-0.39, 0.29) is 0 Å². The van der Waals surface area contributed by atoms with E-state index in [1.807, 2.05) is 11.9 Å².